The number of hydrogen-bond acceptors (Lipinski definition) is 5. The number of carbonyl (C=O) groups excluding carboxylic acids is 1. The van der Waals surface area contributed by atoms with Gasteiger partial charge in [-0.15, -0.1) is 0 Å². The summed E-state index contributed by atoms with van der Waals surface area (Å²) in [6.07, 6.45) is -5.93. The van der Waals surface area contributed by atoms with Gasteiger partial charge in [0, 0.05) is 20.3 Å². The Balaban J connectivity index is 2.49. The Hall–Kier alpha value is -2.60. The van der Waals surface area contributed by atoms with Gasteiger partial charge in [-0.05, 0) is 12.1 Å². The normalized spacial score (nSPS) is 20.2. The third-order valence-corrected chi connectivity index (χ3v) is 3.76. The molecule has 26 heavy (non-hydrogen) atoms. The van der Waals surface area contributed by atoms with Crippen molar-refractivity contribution in [1.82, 2.24) is 4.90 Å². The van der Waals surface area contributed by atoms with E-state index in [1.807, 2.05) is 0 Å². The molecule has 1 heterocycles. The van der Waals surface area contributed by atoms with Crippen LogP contribution < -0.4 is 0 Å². The van der Waals surface area contributed by atoms with Crippen molar-refractivity contribution in [3.63, 3.8) is 0 Å². The maximum Gasteiger partial charge on any atom is 0.454 e. The zero-order valence-electron chi connectivity index (χ0n) is 13.5. The number of carbonyl (C=O) groups is 1. The van der Waals surface area contributed by atoms with Crippen LogP contribution in [0.15, 0.2) is 35.1 Å². The summed E-state index contributed by atoms with van der Waals surface area (Å²) >= 11 is 5.92. The van der Waals surface area contributed by atoms with E-state index < -0.39 is 35.4 Å². The Labute approximate surface area is 151 Å². The number of nitrogens with zero attached hydrogens (tertiary/aromatic N) is 3. The average molecular weight is 390 g/mol. The van der Waals surface area contributed by atoms with Crippen molar-refractivity contribution in [2.45, 2.75) is 12.3 Å². The number of oxime groups is 1. The Morgan fingerprint density at radius 2 is 2.08 bits per heavy atom. The molecule has 2 rings (SSSR count). The Morgan fingerprint density at radius 1 is 1.42 bits per heavy atom. The molecular formula is C16H12ClF4N3O2. The van der Waals surface area contributed by atoms with Crippen molar-refractivity contribution in [3.8, 4) is 6.07 Å². The molecule has 0 aliphatic carbocycles. The van der Waals surface area contributed by atoms with E-state index in [-0.39, 0.29) is 16.3 Å². The van der Waals surface area contributed by atoms with E-state index in [1.165, 1.54) is 31.1 Å². The van der Waals surface area contributed by atoms with Gasteiger partial charge in [0.2, 0.25) is 0 Å². The smallest absolute Gasteiger partial charge is 0.385 e. The minimum Gasteiger partial charge on any atom is -0.385 e. The van der Waals surface area contributed by atoms with E-state index in [9.17, 15) is 27.6 Å². The summed E-state index contributed by atoms with van der Waals surface area (Å²) in [6, 6.07) is 5.43. The lowest BCUT2D eigenvalue weighted by molar-refractivity contribution is -0.168. The number of alkyl halides is 3. The lowest BCUT2D eigenvalue weighted by Crippen LogP contribution is -2.35. The molecule has 0 spiro atoms. The summed E-state index contributed by atoms with van der Waals surface area (Å²) in [5, 5.41) is 12.9. The van der Waals surface area contributed by atoms with E-state index in [2.05, 4.69) is 5.16 Å². The predicted molar refractivity (Wildman–Crippen MR) is 84.8 cm³/mol. The number of Topliss-reactive ketones (excluding diaryl/α,β-unsaturated/α-hetero) is 1. The van der Waals surface area contributed by atoms with Crippen molar-refractivity contribution in [1.29, 1.82) is 5.26 Å². The highest BCUT2D eigenvalue weighted by Gasteiger charge is 2.49. The first-order chi connectivity index (χ1) is 12.1. The fourth-order valence-electron chi connectivity index (χ4n) is 2.39. The molecule has 1 aliphatic rings. The van der Waals surface area contributed by atoms with Gasteiger partial charge in [-0.1, -0.05) is 22.8 Å². The first kappa shape index (κ1) is 19.7. The topological polar surface area (TPSA) is 65.7 Å². The van der Waals surface area contributed by atoms with Crippen LogP contribution in [0, 0.1) is 23.1 Å². The van der Waals surface area contributed by atoms with Crippen LogP contribution in [0.5, 0.6) is 0 Å². The first-order valence-corrected chi connectivity index (χ1v) is 7.53. The highest BCUT2D eigenvalue weighted by atomic mass is 35.5. The second kappa shape index (κ2) is 7.33. The predicted octanol–water partition coefficient (Wildman–Crippen LogP) is 3.30. The average Bonchev–Trinajstić information content (AvgIpc) is 2.94. The summed E-state index contributed by atoms with van der Waals surface area (Å²) in [5.74, 6) is -4.45. The third-order valence-electron chi connectivity index (χ3n) is 3.44. The zero-order chi connectivity index (χ0) is 19.6. The second-order valence-electron chi connectivity index (χ2n) is 5.58. The van der Waals surface area contributed by atoms with Gasteiger partial charge >= 0.3 is 6.18 Å². The van der Waals surface area contributed by atoms with Gasteiger partial charge in [0.25, 0.3) is 5.78 Å². The van der Waals surface area contributed by atoms with Crippen LogP contribution in [0.25, 0.3) is 0 Å². The quantitative estimate of drug-likeness (QED) is 0.585. The van der Waals surface area contributed by atoms with Crippen LogP contribution in [0.3, 0.4) is 0 Å². The summed E-state index contributed by atoms with van der Waals surface area (Å²) in [5.41, 5.74) is -1.35. The molecule has 1 aromatic carbocycles. The standard InChI is InChI=1S/C16H12ClF4N3O2/c1-24(2)7-9(15(25)16(19,20)21)14-8(6-22)13(23-26-14)12-10(17)4-3-5-11(12)18/h3-5,7-8,14H,1-2H3/b9-7-. The fraction of sp³-hybridized carbons (Fsp3) is 0.312. The molecule has 2 atom stereocenters. The lowest BCUT2D eigenvalue weighted by Gasteiger charge is -2.19. The van der Waals surface area contributed by atoms with Gasteiger partial charge in [-0.25, -0.2) is 4.39 Å². The van der Waals surface area contributed by atoms with E-state index >= 15 is 0 Å². The van der Waals surface area contributed by atoms with Crippen LogP contribution >= 0.6 is 11.6 Å². The minimum absolute atomic E-state index is 0.0893. The van der Waals surface area contributed by atoms with E-state index in [4.69, 9.17) is 16.4 Å². The van der Waals surface area contributed by atoms with Crippen molar-refractivity contribution in [2.24, 2.45) is 11.1 Å². The summed E-state index contributed by atoms with van der Waals surface area (Å²) in [6.45, 7) is 0. The molecule has 0 N–H and O–H groups in total. The monoisotopic (exact) mass is 389 g/mol. The van der Waals surface area contributed by atoms with Crippen LogP contribution in [-0.4, -0.2) is 42.8 Å². The molecule has 0 radical (unpaired) electrons. The van der Waals surface area contributed by atoms with Crippen LogP contribution in [0.1, 0.15) is 5.56 Å². The molecule has 0 fully saturated rings. The van der Waals surface area contributed by atoms with Crippen molar-refractivity contribution < 1.29 is 27.2 Å². The van der Waals surface area contributed by atoms with Crippen molar-refractivity contribution in [3.05, 3.63) is 46.4 Å². The molecule has 0 aromatic heterocycles. The minimum atomic E-state index is -5.18. The number of halogens is 5. The summed E-state index contributed by atoms with van der Waals surface area (Å²) in [4.78, 5) is 17.9. The number of rotatable bonds is 4. The highest BCUT2D eigenvalue weighted by Crippen LogP contribution is 2.34. The molecular weight excluding hydrogens is 378 g/mol. The van der Waals surface area contributed by atoms with E-state index in [0.29, 0.717) is 0 Å². The molecule has 1 aromatic rings. The molecule has 5 nitrogen and oxygen atoms in total. The van der Waals surface area contributed by atoms with E-state index in [0.717, 1.165) is 12.3 Å². The van der Waals surface area contributed by atoms with E-state index in [1.54, 1.807) is 6.07 Å². The van der Waals surface area contributed by atoms with Crippen LogP contribution in [0.2, 0.25) is 5.02 Å². The van der Waals surface area contributed by atoms with Gasteiger partial charge in [0.05, 0.1) is 22.2 Å². The SMILES string of the molecule is CN(C)/C=C(\C(=O)C(F)(F)F)C1ON=C(c2c(F)cccc2Cl)C1C#N. The summed E-state index contributed by atoms with van der Waals surface area (Å²) in [7, 11) is 2.80. The Kier molecular flexibility index (Phi) is 5.56. The number of ketones is 1. The lowest BCUT2D eigenvalue weighted by atomic mass is 9.88. The van der Waals surface area contributed by atoms with Gasteiger partial charge in [-0.2, -0.15) is 18.4 Å². The third kappa shape index (κ3) is 3.80. The maximum atomic E-state index is 14.1. The molecule has 1 aliphatic heterocycles. The number of nitriles is 1. The molecule has 10 heteroatoms. The summed E-state index contributed by atoms with van der Waals surface area (Å²) < 4.78 is 52.8. The molecule has 0 amide bonds. The van der Waals surface area contributed by atoms with Crippen molar-refractivity contribution in [2.75, 3.05) is 14.1 Å². The molecule has 2 unspecified atom stereocenters. The van der Waals surface area contributed by atoms with Crippen LogP contribution in [0.4, 0.5) is 17.6 Å². The first-order valence-electron chi connectivity index (χ1n) is 7.15. The number of hydrogen-bond donors (Lipinski definition) is 0. The highest BCUT2D eigenvalue weighted by molar-refractivity contribution is 6.34. The fourth-order valence-corrected chi connectivity index (χ4v) is 2.65. The molecule has 0 saturated heterocycles. The molecule has 0 bridgehead atoms. The van der Waals surface area contributed by atoms with Crippen LogP contribution in [-0.2, 0) is 9.63 Å². The molecule has 0 saturated carbocycles. The maximum absolute atomic E-state index is 14.1. The molecule has 138 valence electrons. The largest absolute Gasteiger partial charge is 0.454 e. The zero-order valence-corrected chi connectivity index (χ0v) is 14.3. The second-order valence-corrected chi connectivity index (χ2v) is 5.99. The Morgan fingerprint density at radius 3 is 2.58 bits per heavy atom. The number of benzene rings is 1. The van der Waals surface area contributed by atoms with Crippen molar-refractivity contribution >= 4 is 23.1 Å². The van der Waals surface area contributed by atoms with Gasteiger partial charge in [0.1, 0.15) is 17.4 Å². The van der Waals surface area contributed by atoms with Gasteiger partial charge in [0.15, 0.2) is 6.10 Å². The Bertz CT molecular complexity index is 808. The van der Waals surface area contributed by atoms with Gasteiger partial charge in [-0.3, -0.25) is 4.79 Å². The van der Waals surface area contributed by atoms with Gasteiger partial charge < -0.3 is 9.74 Å².